The Morgan fingerprint density at radius 1 is 1.35 bits per heavy atom. The zero-order chi connectivity index (χ0) is 12.3. The van der Waals surface area contributed by atoms with Gasteiger partial charge in [0.15, 0.2) is 0 Å². The quantitative estimate of drug-likeness (QED) is 0.660. The minimum absolute atomic E-state index is 0.297. The van der Waals surface area contributed by atoms with Crippen molar-refractivity contribution >= 4 is 11.6 Å². The van der Waals surface area contributed by atoms with Crippen LogP contribution in [0.1, 0.15) is 12.5 Å². The van der Waals surface area contributed by atoms with E-state index in [1.165, 1.54) is 0 Å². The van der Waals surface area contributed by atoms with Gasteiger partial charge in [-0.25, -0.2) is 0 Å². The summed E-state index contributed by atoms with van der Waals surface area (Å²) in [6, 6.07) is 9.98. The van der Waals surface area contributed by atoms with Crippen molar-refractivity contribution in [3.63, 3.8) is 0 Å². The fourth-order valence-electron chi connectivity index (χ4n) is 1.71. The van der Waals surface area contributed by atoms with E-state index in [1.54, 1.807) is 6.08 Å². The Hall–Kier alpha value is -1.09. The van der Waals surface area contributed by atoms with E-state index in [4.69, 9.17) is 22.1 Å². The predicted molar refractivity (Wildman–Crippen MR) is 70.7 cm³/mol. The van der Waals surface area contributed by atoms with Crippen molar-refractivity contribution in [2.45, 2.75) is 24.6 Å². The molecule has 0 fully saturated rings. The molecule has 2 N–H and O–H groups in total. The molecule has 3 heteroatoms. The Bertz CT molecular complexity index is 437. The van der Waals surface area contributed by atoms with Crippen LogP contribution in [0.15, 0.2) is 54.1 Å². The summed E-state index contributed by atoms with van der Waals surface area (Å²) >= 11 is 6.19. The van der Waals surface area contributed by atoms with Gasteiger partial charge in [-0.05, 0) is 24.6 Å². The van der Waals surface area contributed by atoms with Crippen molar-refractivity contribution in [2.75, 3.05) is 0 Å². The monoisotopic (exact) mass is 249 g/mol. The van der Waals surface area contributed by atoms with E-state index in [1.807, 2.05) is 49.4 Å². The van der Waals surface area contributed by atoms with Crippen molar-refractivity contribution in [1.82, 2.24) is 0 Å². The Labute approximate surface area is 107 Å². The molecule has 0 heterocycles. The summed E-state index contributed by atoms with van der Waals surface area (Å²) in [5.74, 6) is 0. The van der Waals surface area contributed by atoms with Crippen LogP contribution in [0.3, 0.4) is 0 Å². The molecule has 0 amide bonds. The van der Waals surface area contributed by atoms with Crippen molar-refractivity contribution in [2.24, 2.45) is 5.73 Å². The SMILES string of the molecule is CC1=CC(OCc2ccccc2)C(N)(Cl)C=C1. The third kappa shape index (κ3) is 3.19. The van der Waals surface area contributed by atoms with Crippen LogP contribution in [0.2, 0.25) is 0 Å². The standard InChI is InChI=1S/C14H16ClNO/c1-11-7-8-14(15,16)13(9-11)17-10-12-5-3-2-4-6-12/h2-9,13H,10,16H2,1H3. The second-order valence-electron chi connectivity index (χ2n) is 4.29. The number of nitrogens with two attached hydrogens (primary N) is 1. The molecule has 1 aliphatic carbocycles. The van der Waals surface area contributed by atoms with Gasteiger partial charge in [-0.2, -0.15) is 0 Å². The smallest absolute Gasteiger partial charge is 0.140 e. The molecule has 0 radical (unpaired) electrons. The van der Waals surface area contributed by atoms with Crippen LogP contribution in [0.4, 0.5) is 0 Å². The molecule has 0 aliphatic heterocycles. The van der Waals surface area contributed by atoms with Gasteiger partial charge in [0.1, 0.15) is 11.1 Å². The van der Waals surface area contributed by atoms with E-state index in [-0.39, 0.29) is 6.10 Å². The first-order chi connectivity index (χ1) is 8.08. The van der Waals surface area contributed by atoms with Crippen molar-refractivity contribution in [3.05, 3.63) is 59.7 Å². The van der Waals surface area contributed by atoms with Gasteiger partial charge in [0.2, 0.25) is 0 Å². The van der Waals surface area contributed by atoms with Gasteiger partial charge in [-0.3, -0.25) is 0 Å². The van der Waals surface area contributed by atoms with Crippen LogP contribution in [-0.4, -0.2) is 11.1 Å². The maximum absolute atomic E-state index is 6.19. The molecule has 2 atom stereocenters. The van der Waals surface area contributed by atoms with Gasteiger partial charge in [0, 0.05) is 0 Å². The van der Waals surface area contributed by atoms with Crippen LogP contribution in [0.25, 0.3) is 0 Å². The van der Waals surface area contributed by atoms with Crippen LogP contribution < -0.4 is 5.73 Å². The maximum atomic E-state index is 6.19. The Morgan fingerprint density at radius 2 is 2.06 bits per heavy atom. The molecule has 2 unspecified atom stereocenters. The molecule has 0 saturated heterocycles. The molecule has 0 saturated carbocycles. The Kier molecular flexibility index (Phi) is 3.67. The molecule has 1 aliphatic rings. The van der Waals surface area contributed by atoms with Crippen LogP contribution in [0, 0.1) is 0 Å². The summed E-state index contributed by atoms with van der Waals surface area (Å²) in [7, 11) is 0. The molecule has 2 nitrogen and oxygen atoms in total. The summed E-state index contributed by atoms with van der Waals surface area (Å²) in [5, 5.41) is 0. The second-order valence-corrected chi connectivity index (χ2v) is 4.94. The van der Waals surface area contributed by atoms with Crippen molar-refractivity contribution in [1.29, 1.82) is 0 Å². The van der Waals surface area contributed by atoms with Crippen molar-refractivity contribution in [3.8, 4) is 0 Å². The average molecular weight is 250 g/mol. The molecule has 1 aromatic carbocycles. The van der Waals surface area contributed by atoms with Gasteiger partial charge in [0.05, 0.1) is 6.61 Å². The molecule has 17 heavy (non-hydrogen) atoms. The van der Waals surface area contributed by atoms with Gasteiger partial charge in [-0.1, -0.05) is 53.6 Å². The Balaban J connectivity index is 2.01. The van der Waals surface area contributed by atoms with E-state index >= 15 is 0 Å². The van der Waals surface area contributed by atoms with Gasteiger partial charge in [0.25, 0.3) is 0 Å². The minimum atomic E-state index is -0.950. The lowest BCUT2D eigenvalue weighted by molar-refractivity contribution is 0.0537. The topological polar surface area (TPSA) is 35.2 Å². The molecular formula is C14H16ClNO. The zero-order valence-electron chi connectivity index (χ0n) is 9.77. The van der Waals surface area contributed by atoms with Gasteiger partial charge in [-0.15, -0.1) is 0 Å². The van der Waals surface area contributed by atoms with E-state index in [0.717, 1.165) is 11.1 Å². The molecule has 0 spiro atoms. The van der Waals surface area contributed by atoms with Gasteiger partial charge >= 0.3 is 0 Å². The highest BCUT2D eigenvalue weighted by Gasteiger charge is 2.31. The number of benzene rings is 1. The minimum Gasteiger partial charge on any atom is -0.366 e. The fraction of sp³-hybridized carbons (Fsp3) is 0.286. The van der Waals surface area contributed by atoms with Gasteiger partial charge < -0.3 is 10.5 Å². The van der Waals surface area contributed by atoms with E-state index in [9.17, 15) is 0 Å². The highest BCUT2D eigenvalue weighted by Crippen LogP contribution is 2.26. The lowest BCUT2D eigenvalue weighted by Crippen LogP contribution is -2.45. The zero-order valence-corrected chi connectivity index (χ0v) is 10.5. The van der Waals surface area contributed by atoms with Crippen LogP contribution in [0.5, 0.6) is 0 Å². The summed E-state index contributed by atoms with van der Waals surface area (Å²) in [5.41, 5.74) is 8.18. The summed E-state index contributed by atoms with van der Waals surface area (Å²) in [6.45, 7) is 2.51. The normalized spacial score (nSPS) is 27.9. The number of halogens is 1. The highest BCUT2D eigenvalue weighted by molar-refractivity contribution is 6.25. The first kappa shape index (κ1) is 12.4. The number of alkyl halides is 1. The average Bonchev–Trinajstić information content (AvgIpc) is 2.32. The van der Waals surface area contributed by atoms with E-state index < -0.39 is 5.00 Å². The van der Waals surface area contributed by atoms with Crippen LogP contribution >= 0.6 is 11.6 Å². The van der Waals surface area contributed by atoms with Crippen molar-refractivity contribution < 1.29 is 4.74 Å². The number of hydrogen-bond donors (Lipinski definition) is 1. The summed E-state index contributed by atoms with van der Waals surface area (Å²) in [6.07, 6.45) is 5.35. The lowest BCUT2D eigenvalue weighted by Gasteiger charge is -2.30. The molecule has 90 valence electrons. The number of rotatable bonds is 3. The highest BCUT2D eigenvalue weighted by atomic mass is 35.5. The number of allylic oxidation sites excluding steroid dienone is 2. The number of hydrogen-bond acceptors (Lipinski definition) is 2. The predicted octanol–water partition coefficient (Wildman–Crippen LogP) is 2.98. The third-order valence-electron chi connectivity index (χ3n) is 2.72. The summed E-state index contributed by atoms with van der Waals surface area (Å²) < 4.78 is 5.77. The molecule has 2 rings (SSSR count). The molecule has 0 aromatic heterocycles. The third-order valence-corrected chi connectivity index (χ3v) is 3.07. The summed E-state index contributed by atoms with van der Waals surface area (Å²) in [4.78, 5) is -0.950. The number of ether oxygens (including phenoxy) is 1. The lowest BCUT2D eigenvalue weighted by atomic mass is 10.0. The first-order valence-corrected chi connectivity index (χ1v) is 5.97. The molecule has 0 bridgehead atoms. The van der Waals surface area contributed by atoms with E-state index in [2.05, 4.69) is 0 Å². The van der Waals surface area contributed by atoms with E-state index in [0.29, 0.717) is 6.61 Å². The first-order valence-electron chi connectivity index (χ1n) is 5.59. The molecular weight excluding hydrogens is 234 g/mol. The fourth-order valence-corrected chi connectivity index (χ4v) is 1.90. The Morgan fingerprint density at radius 3 is 2.76 bits per heavy atom. The largest absolute Gasteiger partial charge is 0.366 e. The van der Waals surface area contributed by atoms with Crippen LogP contribution in [-0.2, 0) is 11.3 Å². The second kappa shape index (κ2) is 5.05. The molecule has 1 aromatic rings. The maximum Gasteiger partial charge on any atom is 0.140 e.